The second-order valence-corrected chi connectivity index (χ2v) is 18.3. The molecule has 3 aliphatic rings. The van der Waals surface area contributed by atoms with Crippen molar-refractivity contribution in [2.45, 2.75) is 142 Å². The first-order valence-electron chi connectivity index (χ1n) is 19.6. The van der Waals surface area contributed by atoms with Crippen molar-refractivity contribution in [3.8, 4) is 5.75 Å². The van der Waals surface area contributed by atoms with Crippen LogP contribution in [0.2, 0.25) is 0 Å². The maximum atomic E-state index is 14.8. The van der Waals surface area contributed by atoms with Crippen LogP contribution in [0.3, 0.4) is 0 Å². The average molecular weight is 891 g/mol. The molecule has 63 heavy (non-hydrogen) atoms. The molecule has 6 atom stereocenters. The molecule has 0 radical (unpaired) electrons. The molecular formula is C43H54O20. The zero-order chi connectivity index (χ0) is 47.5. The van der Waals surface area contributed by atoms with E-state index in [0.717, 1.165) is 19.3 Å². The van der Waals surface area contributed by atoms with E-state index in [-0.39, 0.29) is 5.75 Å². The number of hydrogen-bond donors (Lipinski definition) is 1. The van der Waals surface area contributed by atoms with E-state index in [1.54, 1.807) is 41.5 Å². The van der Waals surface area contributed by atoms with Crippen LogP contribution in [0.1, 0.15) is 88.6 Å². The second-order valence-electron chi connectivity index (χ2n) is 18.3. The number of fused-ring (bicyclic) bond motifs is 2. The number of allylic oxidation sites excluding steroid dienone is 2. The Hall–Kier alpha value is -6.31. The topological polar surface area (TPSA) is 250 Å². The largest absolute Gasteiger partial charge is 0.514 e. The summed E-state index contributed by atoms with van der Waals surface area (Å²) in [5.41, 5.74) is -7.43. The fraction of sp³-hybridized carbons (Fsp3) is 0.558. The highest BCUT2D eigenvalue weighted by atomic mass is 16.8. The van der Waals surface area contributed by atoms with Crippen molar-refractivity contribution in [2.75, 3.05) is 13.7 Å². The molecular weight excluding hydrogens is 836 g/mol. The van der Waals surface area contributed by atoms with Gasteiger partial charge in [-0.2, -0.15) is 0 Å². The molecule has 1 aliphatic carbocycles. The Labute approximate surface area is 363 Å². The molecule has 0 amide bonds. The van der Waals surface area contributed by atoms with Gasteiger partial charge in [0.1, 0.15) is 52.2 Å². The zero-order valence-corrected chi connectivity index (χ0v) is 37.3. The normalized spacial score (nSPS) is 24.7. The van der Waals surface area contributed by atoms with Crippen LogP contribution in [0.15, 0.2) is 53.5 Å². The van der Waals surface area contributed by atoms with Crippen molar-refractivity contribution < 1.29 is 95.5 Å². The second kappa shape index (κ2) is 18.6. The minimum atomic E-state index is -2.82. The van der Waals surface area contributed by atoms with E-state index < -0.39 is 125 Å². The fourth-order valence-electron chi connectivity index (χ4n) is 6.11. The molecule has 4 rings (SSSR count). The molecule has 1 N–H and O–H groups in total. The minimum absolute atomic E-state index is 0.131. The quantitative estimate of drug-likeness (QED) is 0.0679. The predicted molar refractivity (Wildman–Crippen MR) is 214 cm³/mol. The number of aliphatic hydroxyl groups is 1. The van der Waals surface area contributed by atoms with Crippen molar-refractivity contribution in [2.24, 2.45) is 0 Å². The Kier molecular flexibility index (Phi) is 14.6. The maximum Gasteiger partial charge on any atom is 0.514 e. The number of hydrogen-bond acceptors (Lipinski definition) is 20. The van der Waals surface area contributed by atoms with Gasteiger partial charge in [-0.15, -0.1) is 0 Å². The third kappa shape index (κ3) is 13.1. The Morgan fingerprint density at radius 1 is 0.730 bits per heavy atom. The van der Waals surface area contributed by atoms with Gasteiger partial charge in [0, 0.05) is 6.08 Å². The number of methoxy groups -OCH3 is 1. The van der Waals surface area contributed by atoms with Gasteiger partial charge in [-0.25, -0.2) is 24.0 Å². The van der Waals surface area contributed by atoms with Gasteiger partial charge in [0.15, 0.2) is 36.0 Å². The van der Waals surface area contributed by atoms with Gasteiger partial charge in [0.05, 0.1) is 7.11 Å². The molecule has 346 valence electrons. The zero-order valence-electron chi connectivity index (χ0n) is 37.3. The highest BCUT2D eigenvalue weighted by Gasteiger charge is 2.70. The van der Waals surface area contributed by atoms with Crippen molar-refractivity contribution in [1.29, 1.82) is 0 Å². The molecule has 2 heterocycles. The number of Topliss-reactive ketones (excluding diaryl/α,β-unsaturated/α-hetero) is 1. The van der Waals surface area contributed by atoms with E-state index in [1.807, 2.05) is 0 Å². The Balaban J connectivity index is 1.83. The lowest BCUT2D eigenvalue weighted by Gasteiger charge is -2.52. The summed E-state index contributed by atoms with van der Waals surface area (Å²) in [6.07, 6.45) is -12.8. The summed E-state index contributed by atoms with van der Waals surface area (Å²) < 4.78 is 65.8. The molecule has 0 aromatic heterocycles. The third-order valence-electron chi connectivity index (χ3n) is 8.33. The summed E-state index contributed by atoms with van der Waals surface area (Å²) in [5, 5.41) is 11.3. The van der Waals surface area contributed by atoms with Gasteiger partial charge in [-0.1, -0.05) is 18.2 Å². The summed E-state index contributed by atoms with van der Waals surface area (Å²) >= 11 is 0. The van der Waals surface area contributed by atoms with Crippen LogP contribution in [-0.2, 0) is 61.7 Å². The van der Waals surface area contributed by atoms with Crippen LogP contribution in [0.4, 0.5) is 24.0 Å². The Morgan fingerprint density at radius 3 is 1.76 bits per heavy atom. The first kappa shape index (κ1) is 49.3. The van der Waals surface area contributed by atoms with Crippen LogP contribution in [0.5, 0.6) is 5.75 Å². The van der Waals surface area contributed by atoms with Crippen LogP contribution in [0.25, 0.3) is 6.08 Å². The summed E-state index contributed by atoms with van der Waals surface area (Å²) in [4.78, 5) is 93.4. The number of aliphatic hydroxyl groups excluding tert-OH is 1. The highest BCUT2D eigenvalue weighted by molar-refractivity contribution is 6.30. The van der Waals surface area contributed by atoms with E-state index >= 15 is 0 Å². The Bertz CT molecular complexity index is 2030. The molecule has 20 heteroatoms. The van der Waals surface area contributed by atoms with Crippen LogP contribution < -0.4 is 4.74 Å². The summed E-state index contributed by atoms with van der Waals surface area (Å²) in [7, 11) is 1.05. The number of rotatable bonds is 8. The van der Waals surface area contributed by atoms with Gasteiger partial charge in [0.25, 0.3) is 5.60 Å². The van der Waals surface area contributed by atoms with Crippen LogP contribution in [-0.4, -0.2) is 120 Å². The van der Waals surface area contributed by atoms with Gasteiger partial charge in [-0.3, -0.25) is 9.59 Å². The van der Waals surface area contributed by atoms with E-state index in [1.165, 1.54) is 71.9 Å². The highest BCUT2D eigenvalue weighted by Crippen LogP contribution is 2.46. The summed E-state index contributed by atoms with van der Waals surface area (Å²) in [5.74, 6) is -3.85. The third-order valence-corrected chi connectivity index (χ3v) is 8.33. The maximum absolute atomic E-state index is 14.8. The van der Waals surface area contributed by atoms with Crippen molar-refractivity contribution in [3.05, 3.63) is 59.1 Å². The standard InChI is InChI=1S/C43H54O20/c1-39(2,3)59-34(47)53-21-26-29(56-36(49)61-41(7,8)9)30(57-37(50)62-42(10,11)12)31-33(55-26)43(63-38(51)58-31)27(52-13)20-25(45)28(32(43)46)24(44)19-16-22-14-17-23(18-15-22)54-35(48)60-40(4,5)6/h14-20,26,29-31,33,44H,21H2,1-13H3/b19-16+,28-24+/t26-,29+,30?,31?,33+,43-/m0/s1. The van der Waals surface area contributed by atoms with Crippen molar-refractivity contribution in [3.63, 3.8) is 0 Å². The average Bonchev–Trinajstić information content (AvgIpc) is 3.10. The smallest absolute Gasteiger partial charge is 0.507 e. The predicted octanol–water partition coefficient (Wildman–Crippen LogP) is 7.14. The fourth-order valence-corrected chi connectivity index (χ4v) is 6.11. The molecule has 0 bridgehead atoms. The van der Waals surface area contributed by atoms with Crippen LogP contribution >= 0.6 is 0 Å². The number of benzene rings is 1. The summed E-state index contributed by atoms with van der Waals surface area (Å²) in [6, 6.07) is 5.83. The lowest BCUT2D eigenvalue weighted by molar-refractivity contribution is -0.291. The first-order valence-corrected chi connectivity index (χ1v) is 19.6. The van der Waals surface area contributed by atoms with E-state index in [0.29, 0.717) is 5.56 Å². The van der Waals surface area contributed by atoms with Gasteiger partial charge < -0.3 is 61.9 Å². The van der Waals surface area contributed by atoms with Gasteiger partial charge >= 0.3 is 30.8 Å². The van der Waals surface area contributed by atoms with Crippen molar-refractivity contribution >= 4 is 48.4 Å². The van der Waals surface area contributed by atoms with Gasteiger partial charge in [0.2, 0.25) is 5.78 Å². The molecule has 1 aromatic carbocycles. The van der Waals surface area contributed by atoms with Crippen molar-refractivity contribution in [1.82, 2.24) is 0 Å². The molecule has 1 spiro atoms. The minimum Gasteiger partial charge on any atom is -0.507 e. The van der Waals surface area contributed by atoms with Gasteiger partial charge in [-0.05, 0) is 107 Å². The lowest BCUT2D eigenvalue weighted by atomic mass is 9.74. The van der Waals surface area contributed by atoms with Crippen LogP contribution in [0, 0.1) is 0 Å². The number of ketones is 2. The molecule has 2 saturated heterocycles. The Morgan fingerprint density at radius 2 is 1.24 bits per heavy atom. The summed E-state index contributed by atoms with van der Waals surface area (Å²) in [6.45, 7) is 18.0. The first-order chi connectivity index (χ1) is 28.9. The SMILES string of the molecule is COC1=CC(=O)/C(=C(O)/C=C/c2ccc(OC(=O)OC(C)(C)C)cc2)C(=O)[C@@]12OC(=O)OC1C(OC(=O)OC(C)(C)C)[C@H](OC(=O)OC(C)(C)C)[C@H](COC(=O)OC(C)(C)C)O[C@H]12. The number of carbonyl (C=O) groups excluding carboxylic acids is 7. The molecule has 2 aliphatic heterocycles. The lowest BCUT2D eigenvalue weighted by Crippen LogP contribution is -2.74. The monoisotopic (exact) mass is 890 g/mol. The number of carbonyl (C=O) groups is 7. The number of ether oxygens (including phenoxy) is 12. The molecule has 2 unspecified atom stereocenters. The molecule has 0 saturated carbocycles. The van der Waals surface area contributed by atoms with E-state index in [9.17, 15) is 38.7 Å². The molecule has 20 nitrogen and oxygen atoms in total. The molecule has 2 fully saturated rings. The van der Waals surface area contributed by atoms with E-state index in [2.05, 4.69) is 0 Å². The van der Waals surface area contributed by atoms with E-state index in [4.69, 9.17) is 56.8 Å². The molecule has 1 aromatic rings.